The van der Waals surface area contributed by atoms with Gasteiger partial charge in [-0.05, 0) is 30.0 Å². The van der Waals surface area contributed by atoms with Crippen LogP contribution in [0.5, 0.6) is 5.75 Å². The Morgan fingerprint density at radius 2 is 1.76 bits per heavy atom. The zero-order valence-electron chi connectivity index (χ0n) is 15.0. The summed E-state index contributed by atoms with van der Waals surface area (Å²) in [4.78, 5) is 12.1. The summed E-state index contributed by atoms with van der Waals surface area (Å²) >= 11 is 0. The van der Waals surface area contributed by atoms with Crippen LogP contribution in [0.1, 0.15) is 42.5 Å². The van der Waals surface area contributed by atoms with E-state index in [9.17, 15) is 4.79 Å². The second kappa shape index (κ2) is 10.1. The summed E-state index contributed by atoms with van der Waals surface area (Å²) in [5, 5.41) is 2.83. The van der Waals surface area contributed by atoms with Gasteiger partial charge in [-0.15, -0.1) is 12.4 Å². The van der Waals surface area contributed by atoms with Gasteiger partial charge in [-0.1, -0.05) is 61.9 Å². The van der Waals surface area contributed by atoms with Gasteiger partial charge in [0, 0.05) is 0 Å². The predicted molar refractivity (Wildman–Crippen MR) is 104 cm³/mol. The molecule has 0 aliphatic rings. The van der Waals surface area contributed by atoms with E-state index in [2.05, 4.69) is 25.2 Å². The monoisotopic (exact) mass is 362 g/mol. The van der Waals surface area contributed by atoms with Crippen molar-refractivity contribution in [1.82, 2.24) is 5.32 Å². The van der Waals surface area contributed by atoms with Crippen LogP contribution in [0.15, 0.2) is 48.5 Å². The summed E-state index contributed by atoms with van der Waals surface area (Å²) in [6.45, 7) is 7.09. The first kappa shape index (κ1) is 21.0. The Balaban J connectivity index is 0.00000312. The van der Waals surface area contributed by atoms with Crippen LogP contribution in [0.2, 0.25) is 0 Å². The zero-order chi connectivity index (χ0) is 17.5. The lowest BCUT2D eigenvalue weighted by Gasteiger charge is -2.15. The SMILES string of the molecule is Cc1ccc(C(N)C(=O)NCCOc2ccccc2C(C)C)cc1.Cl. The molecule has 0 saturated heterocycles. The first-order valence-corrected chi connectivity index (χ1v) is 8.30. The highest BCUT2D eigenvalue weighted by atomic mass is 35.5. The number of nitrogens with two attached hydrogens (primary N) is 1. The van der Waals surface area contributed by atoms with E-state index in [1.807, 2.05) is 49.4 Å². The van der Waals surface area contributed by atoms with Gasteiger partial charge >= 0.3 is 0 Å². The number of amides is 1. The lowest BCUT2D eigenvalue weighted by atomic mass is 10.0. The Bertz CT molecular complexity index is 672. The van der Waals surface area contributed by atoms with Crippen molar-refractivity contribution in [1.29, 1.82) is 0 Å². The van der Waals surface area contributed by atoms with E-state index in [1.54, 1.807) is 0 Å². The zero-order valence-corrected chi connectivity index (χ0v) is 15.8. The van der Waals surface area contributed by atoms with Crippen molar-refractivity contribution < 1.29 is 9.53 Å². The Morgan fingerprint density at radius 3 is 2.40 bits per heavy atom. The molecule has 0 heterocycles. The molecule has 0 radical (unpaired) electrons. The molecule has 5 heteroatoms. The molecule has 0 saturated carbocycles. The standard InChI is InChI=1S/C20H26N2O2.ClH/c1-14(2)17-6-4-5-7-18(17)24-13-12-22-20(23)19(21)16-10-8-15(3)9-11-16;/h4-11,14,19H,12-13,21H2,1-3H3,(H,22,23);1H. The number of aryl methyl sites for hydroxylation is 1. The molecule has 0 aromatic heterocycles. The minimum atomic E-state index is -0.659. The van der Waals surface area contributed by atoms with Gasteiger partial charge in [-0.3, -0.25) is 4.79 Å². The van der Waals surface area contributed by atoms with Gasteiger partial charge in [0.25, 0.3) is 0 Å². The molecule has 2 aromatic carbocycles. The number of halogens is 1. The molecule has 0 spiro atoms. The van der Waals surface area contributed by atoms with Crippen LogP contribution < -0.4 is 15.8 Å². The summed E-state index contributed by atoms with van der Waals surface area (Å²) in [6, 6.07) is 15.0. The molecule has 2 aromatic rings. The fraction of sp³-hybridized carbons (Fsp3) is 0.350. The highest BCUT2D eigenvalue weighted by Crippen LogP contribution is 2.25. The molecule has 0 aliphatic heterocycles. The Kier molecular flexibility index (Phi) is 8.46. The average molecular weight is 363 g/mol. The van der Waals surface area contributed by atoms with E-state index in [4.69, 9.17) is 10.5 Å². The first-order chi connectivity index (χ1) is 11.5. The van der Waals surface area contributed by atoms with Crippen molar-refractivity contribution in [3.63, 3.8) is 0 Å². The van der Waals surface area contributed by atoms with Crippen LogP contribution in [-0.4, -0.2) is 19.1 Å². The predicted octanol–water partition coefficient (Wildman–Crippen LogP) is 3.74. The fourth-order valence-electron chi connectivity index (χ4n) is 2.46. The third kappa shape index (κ3) is 6.07. The summed E-state index contributed by atoms with van der Waals surface area (Å²) in [6.07, 6.45) is 0. The van der Waals surface area contributed by atoms with E-state index in [0.29, 0.717) is 19.1 Å². The molecule has 1 amide bonds. The van der Waals surface area contributed by atoms with E-state index in [0.717, 1.165) is 16.9 Å². The van der Waals surface area contributed by atoms with Crippen molar-refractivity contribution >= 4 is 18.3 Å². The number of hydrogen-bond donors (Lipinski definition) is 2. The maximum atomic E-state index is 12.1. The highest BCUT2D eigenvalue weighted by Gasteiger charge is 2.15. The van der Waals surface area contributed by atoms with E-state index in [1.165, 1.54) is 5.56 Å². The minimum Gasteiger partial charge on any atom is -0.491 e. The summed E-state index contributed by atoms with van der Waals surface area (Å²) in [5.41, 5.74) is 9.11. The van der Waals surface area contributed by atoms with Crippen LogP contribution in [0.25, 0.3) is 0 Å². The van der Waals surface area contributed by atoms with Crippen molar-refractivity contribution in [2.24, 2.45) is 5.73 Å². The molecule has 1 unspecified atom stereocenters. The van der Waals surface area contributed by atoms with Gasteiger partial charge in [0.05, 0.1) is 6.54 Å². The lowest BCUT2D eigenvalue weighted by molar-refractivity contribution is -0.122. The Labute approximate surface area is 156 Å². The number of para-hydroxylation sites is 1. The molecule has 4 nitrogen and oxygen atoms in total. The normalized spacial score (nSPS) is 11.6. The van der Waals surface area contributed by atoms with E-state index >= 15 is 0 Å². The van der Waals surface area contributed by atoms with Gasteiger partial charge in [-0.2, -0.15) is 0 Å². The van der Waals surface area contributed by atoms with E-state index in [-0.39, 0.29) is 18.3 Å². The first-order valence-electron chi connectivity index (χ1n) is 8.30. The van der Waals surface area contributed by atoms with Crippen molar-refractivity contribution in [3.8, 4) is 5.75 Å². The number of carbonyl (C=O) groups excluding carboxylic acids is 1. The molecule has 0 aliphatic carbocycles. The number of ether oxygens (including phenoxy) is 1. The third-order valence-electron chi connectivity index (χ3n) is 3.92. The van der Waals surface area contributed by atoms with Gasteiger partial charge in [0.15, 0.2) is 0 Å². The number of benzene rings is 2. The second-order valence-corrected chi connectivity index (χ2v) is 6.22. The minimum absolute atomic E-state index is 0. The lowest BCUT2D eigenvalue weighted by Crippen LogP contribution is -2.36. The molecule has 0 bridgehead atoms. The van der Waals surface area contributed by atoms with Crippen LogP contribution in [0.4, 0.5) is 0 Å². The number of hydrogen-bond acceptors (Lipinski definition) is 3. The molecule has 0 fully saturated rings. The number of nitrogens with one attached hydrogen (secondary N) is 1. The van der Waals surface area contributed by atoms with Crippen molar-refractivity contribution in [2.75, 3.05) is 13.2 Å². The Morgan fingerprint density at radius 1 is 1.12 bits per heavy atom. The average Bonchev–Trinajstić information content (AvgIpc) is 2.58. The maximum absolute atomic E-state index is 12.1. The summed E-state index contributed by atoms with van der Waals surface area (Å²) < 4.78 is 5.79. The number of carbonyl (C=O) groups is 1. The topological polar surface area (TPSA) is 64.4 Å². The quantitative estimate of drug-likeness (QED) is 0.737. The van der Waals surface area contributed by atoms with Crippen molar-refractivity contribution in [3.05, 3.63) is 65.2 Å². The molecular formula is C20H27ClN2O2. The van der Waals surface area contributed by atoms with E-state index < -0.39 is 6.04 Å². The maximum Gasteiger partial charge on any atom is 0.241 e. The molecular weight excluding hydrogens is 336 g/mol. The Hall–Kier alpha value is -2.04. The molecule has 136 valence electrons. The smallest absolute Gasteiger partial charge is 0.241 e. The van der Waals surface area contributed by atoms with Gasteiger partial charge in [0.2, 0.25) is 5.91 Å². The largest absolute Gasteiger partial charge is 0.491 e. The molecule has 1 atom stereocenters. The highest BCUT2D eigenvalue weighted by molar-refractivity contribution is 5.85. The molecule has 2 rings (SSSR count). The van der Waals surface area contributed by atoms with Crippen LogP contribution >= 0.6 is 12.4 Å². The summed E-state index contributed by atoms with van der Waals surface area (Å²) in [5.74, 6) is 1.06. The van der Waals surface area contributed by atoms with Crippen LogP contribution in [0.3, 0.4) is 0 Å². The van der Waals surface area contributed by atoms with Crippen molar-refractivity contribution in [2.45, 2.75) is 32.7 Å². The number of rotatable bonds is 7. The van der Waals surface area contributed by atoms with Gasteiger partial charge in [0.1, 0.15) is 18.4 Å². The van der Waals surface area contributed by atoms with Crippen LogP contribution in [-0.2, 0) is 4.79 Å². The second-order valence-electron chi connectivity index (χ2n) is 6.22. The fourth-order valence-corrected chi connectivity index (χ4v) is 2.46. The third-order valence-corrected chi connectivity index (χ3v) is 3.92. The van der Waals surface area contributed by atoms with Crippen LogP contribution in [0, 0.1) is 6.92 Å². The van der Waals surface area contributed by atoms with Gasteiger partial charge in [-0.25, -0.2) is 0 Å². The molecule has 25 heavy (non-hydrogen) atoms. The molecule has 3 N–H and O–H groups in total. The van der Waals surface area contributed by atoms with Gasteiger partial charge < -0.3 is 15.8 Å². The summed E-state index contributed by atoms with van der Waals surface area (Å²) in [7, 11) is 0.